The number of nitrogens with one attached hydrogen (secondary N) is 3. The standard InChI is InChI=1S/C26H31F2N7O2/c1-17-14-30-26(33-24(17)31-21-6-4-5-19(18(21)2)15-29-16-36)32-22-8-7-20(13-23(22)37-25(27)28)35-11-9-34(3)10-12-35/h4-8,13-14,16,25H,9-12,15H2,1-3H3,(H,29,36)(H2,30,31,32,33). The van der Waals surface area contributed by atoms with Crippen molar-refractivity contribution in [2.45, 2.75) is 27.0 Å². The lowest BCUT2D eigenvalue weighted by Gasteiger charge is -2.34. The molecule has 2 heterocycles. The third-order valence-electron chi connectivity index (χ3n) is 6.34. The SMILES string of the molecule is Cc1cnc(Nc2ccc(N3CCN(C)CC3)cc2OC(F)F)nc1Nc1cccc(CNC=O)c1C. The summed E-state index contributed by atoms with van der Waals surface area (Å²) in [4.78, 5) is 24.0. The number of aromatic nitrogens is 2. The number of nitrogens with zero attached hydrogens (tertiary/aromatic N) is 4. The van der Waals surface area contributed by atoms with E-state index in [1.807, 2.05) is 38.1 Å². The Labute approximate surface area is 214 Å². The molecule has 0 aliphatic carbocycles. The number of amides is 1. The smallest absolute Gasteiger partial charge is 0.387 e. The highest BCUT2D eigenvalue weighted by molar-refractivity contribution is 5.70. The average Bonchev–Trinajstić information content (AvgIpc) is 2.87. The molecule has 9 nitrogen and oxygen atoms in total. The van der Waals surface area contributed by atoms with Gasteiger partial charge in [0.2, 0.25) is 12.4 Å². The van der Waals surface area contributed by atoms with E-state index in [0.717, 1.165) is 54.2 Å². The van der Waals surface area contributed by atoms with Crippen molar-refractivity contribution in [3.05, 3.63) is 59.3 Å². The minimum atomic E-state index is -2.97. The van der Waals surface area contributed by atoms with Crippen LogP contribution in [0.4, 0.5) is 37.6 Å². The van der Waals surface area contributed by atoms with Crippen molar-refractivity contribution in [3.63, 3.8) is 0 Å². The average molecular weight is 512 g/mol. The van der Waals surface area contributed by atoms with Gasteiger partial charge in [0.1, 0.15) is 5.82 Å². The normalized spacial score (nSPS) is 13.9. The van der Waals surface area contributed by atoms with Crippen LogP contribution in [0.2, 0.25) is 0 Å². The Kier molecular flexibility index (Phi) is 8.34. The number of carbonyl (C=O) groups excluding carboxylic acids is 1. The van der Waals surface area contributed by atoms with Crippen LogP contribution in [-0.2, 0) is 11.3 Å². The monoisotopic (exact) mass is 511 g/mol. The number of piperazine rings is 1. The largest absolute Gasteiger partial charge is 0.433 e. The molecule has 0 radical (unpaired) electrons. The van der Waals surface area contributed by atoms with Gasteiger partial charge in [-0.3, -0.25) is 4.79 Å². The van der Waals surface area contributed by atoms with Crippen molar-refractivity contribution < 1.29 is 18.3 Å². The molecule has 0 spiro atoms. The van der Waals surface area contributed by atoms with Crippen molar-refractivity contribution in [1.29, 1.82) is 0 Å². The molecule has 1 amide bonds. The van der Waals surface area contributed by atoms with Crippen LogP contribution in [0.15, 0.2) is 42.6 Å². The van der Waals surface area contributed by atoms with Crippen LogP contribution in [0.5, 0.6) is 5.75 Å². The van der Waals surface area contributed by atoms with Gasteiger partial charge in [-0.1, -0.05) is 12.1 Å². The number of hydrogen-bond acceptors (Lipinski definition) is 8. The topological polar surface area (TPSA) is 94.7 Å². The third-order valence-corrected chi connectivity index (χ3v) is 6.34. The number of rotatable bonds is 10. The summed E-state index contributed by atoms with van der Waals surface area (Å²) >= 11 is 0. The number of hydrogen-bond donors (Lipinski definition) is 3. The molecular formula is C26H31F2N7O2. The molecule has 3 aromatic rings. The summed E-state index contributed by atoms with van der Waals surface area (Å²) in [6.07, 6.45) is 2.31. The van der Waals surface area contributed by atoms with Crippen LogP contribution in [0.25, 0.3) is 0 Å². The quantitative estimate of drug-likeness (QED) is 0.349. The summed E-state index contributed by atoms with van der Waals surface area (Å²) in [5.74, 6) is 0.818. The highest BCUT2D eigenvalue weighted by atomic mass is 19.3. The lowest BCUT2D eigenvalue weighted by molar-refractivity contribution is -0.109. The fourth-order valence-electron chi connectivity index (χ4n) is 4.11. The van der Waals surface area contributed by atoms with E-state index in [-0.39, 0.29) is 11.7 Å². The van der Waals surface area contributed by atoms with Crippen LogP contribution in [0.3, 0.4) is 0 Å². The number of halogens is 2. The number of benzene rings is 2. The van der Waals surface area contributed by atoms with Crippen LogP contribution in [-0.4, -0.2) is 61.1 Å². The molecule has 1 aliphatic rings. The summed E-state index contributed by atoms with van der Waals surface area (Å²) in [6.45, 7) is 4.67. The zero-order chi connectivity index (χ0) is 26.4. The molecule has 0 unspecified atom stereocenters. The Morgan fingerprint density at radius 2 is 1.86 bits per heavy atom. The van der Waals surface area contributed by atoms with E-state index in [9.17, 15) is 13.6 Å². The van der Waals surface area contributed by atoms with E-state index < -0.39 is 6.61 Å². The molecule has 0 saturated carbocycles. The molecule has 11 heteroatoms. The molecule has 1 aromatic heterocycles. The van der Waals surface area contributed by atoms with Gasteiger partial charge in [-0.05, 0) is 50.2 Å². The van der Waals surface area contributed by atoms with E-state index in [1.165, 1.54) is 0 Å². The number of carbonyl (C=O) groups is 1. The first-order valence-electron chi connectivity index (χ1n) is 12.0. The second-order valence-corrected chi connectivity index (χ2v) is 8.91. The lowest BCUT2D eigenvalue weighted by Crippen LogP contribution is -2.44. The Morgan fingerprint density at radius 3 is 2.59 bits per heavy atom. The highest BCUT2D eigenvalue weighted by Gasteiger charge is 2.18. The fraction of sp³-hybridized carbons (Fsp3) is 0.346. The highest BCUT2D eigenvalue weighted by Crippen LogP contribution is 2.34. The van der Waals surface area contributed by atoms with E-state index in [0.29, 0.717) is 24.5 Å². The summed E-state index contributed by atoms with van der Waals surface area (Å²) in [6, 6.07) is 10.9. The van der Waals surface area contributed by atoms with Crippen LogP contribution in [0, 0.1) is 13.8 Å². The predicted molar refractivity (Wildman–Crippen MR) is 140 cm³/mol. The molecule has 37 heavy (non-hydrogen) atoms. The van der Waals surface area contributed by atoms with E-state index in [2.05, 4.69) is 42.8 Å². The third kappa shape index (κ3) is 6.62. The zero-order valence-electron chi connectivity index (χ0n) is 21.1. The Morgan fingerprint density at radius 1 is 1.08 bits per heavy atom. The molecule has 0 bridgehead atoms. The van der Waals surface area contributed by atoms with Gasteiger partial charge in [-0.2, -0.15) is 13.8 Å². The van der Waals surface area contributed by atoms with Crippen LogP contribution < -0.4 is 25.6 Å². The maximum absolute atomic E-state index is 13.2. The van der Waals surface area contributed by atoms with E-state index in [4.69, 9.17) is 4.74 Å². The lowest BCUT2D eigenvalue weighted by atomic mass is 10.1. The fourth-order valence-corrected chi connectivity index (χ4v) is 4.11. The molecule has 1 fully saturated rings. The van der Waals surface area contributed by atoms with Crippen LogP contribution >= 0.6 is 0 Å². The summed E-state index contributed by atoms with van der Waals surface area (Å²) in [5.41, 5.74) is 4.73. The van der Waals surface area contributed by atoms with Crippen molar-refractivity contribution in [3.8, 4) is 5.75 Å². The number of aryl methyl sites for hydroxylation is 1. The molecular weight excluding hydrogens is 480 g/mol. The van der Waals surface area contributed by atoms with Gasteiger partial charge in [-0.25, -0.2) is 4.98 Å². The van der Waals surface area contributed by atoms with E-state index >= 15 is 0 Å². The van der Waals surface area contributed by atoms with Gasteiger partial charge in [0.05, 0.1) is 5.69 Å². The second kappa shape index (κ2) is 11.8. The number of ether oxygens (including phenoxy) is 1. The predicted octanol–water partition coefficient (Wildman–Crippen LogP) is 4.18. The van der Waals surface area contributed by atoms with Gasteiger partial charge in [-0.15, -0.1) is 0 Å². The van der Waals surface area contributed by atoms with Gasteiger partial charge in [0.15, 0.2) is 5.75 Å². The second-order valence-electron chi connectivity index (χ2n) is 8.91. The van der Waals surface area contributed by atoms with Crippen LogP contribution in [0.1, 0.15) is 16.7 Å². The molecule has 2 aromatic carbocycles. The Hall–Kier alpha value is -3.99. The summed E-state index contributed by atoms with van der Waals surface area (Å²) in [7, 11) is 2.06. The minimum absolute atomic E-state index is 0.0244. The number of anilines is 5. The van der Waals surface area contributed by atoms with Gasteiger partial charge in [0.25, 0.3) is 0 Å². The maximum atomic E-state index is 13.2. The molecule has 1 aliphatic heterocycles. The first-order valence-corrected chi connectivity index (χ1v) is 12.0. The number of likely N-dealkylation sites (N-methyl/N-ethyl adjacent to an activating group) is 1. The number of alkyl halides is 2. The molecule has 1 saturated heterocycles. The zero-order valence-corrected chi connectivity index (χ0v) is 21.1. The van der Waals surface area contributed by atoms with Crippen molar-refractivity contribution in [2.24, 2.45) is 0 Å². The maximum Gasteiger partial charge on any atom is 0.387 e. The Balaban J connectivity index is 1.56. The molecule has 0 atom stereocenters. The Bertz CT molecular complexity index is 1230. The first kappa shape index (κ1) is 26.1. The minimum Gasteiger partial charge on any atom is -0.433 e. The van der Waals surface area contributed by atoms with Crippen molar-refractivity contribution in [1.82, 2.24) is 20.2 Å². The first-order chi connectivity index (χ1) is 17.8. The molecule has 196 valence electrons. The molecule has 4 rings (SSSR count). The molecule has 3 N–H and O–H groups in total. The summed E-state index contributed by atoms with van der Waals surface area (Å²) < 4.78 is 31.3. The summed E-state index contributed by atoms with van der Waals surface area (Å²) in [5, 5.41) is 9.02. The van der Waals surface area contributed by atoms with Crippen molar-refractivity contribution in [2.75, 3.05) is 48.8 Å². The van der Waals surface area contributed by atoms with Gasteiger partial charge >= 0.3 is 6.61 Å². The van der Waals surface area contributed by atoms with Crippen molar-refractivity contribution >= 4 is 35.2 Å². The van der Waals surface area contributed by atoms with E-state index in [1.54, 1.807) is 18.3 Å². The van der Waals surface area contributed by atoms with Gasteiger partial charge in [0, 0.05) is 61.9 Å². The van der Waals surface area contributed by atoms with Gasteiger partial charge < -0.3 is 30.5 Å².